The molecule has 170 valence electrons. The minimum Gasteiger partial charge on any atom is -0.341 e. The first kappa shape index (κ1) is 21.5. The first-order chi connectivity index (χ1) is 16.1. The van der Waals surface area contributed by atoms with E-state index in [4.69, 9.17) is 4.98 Å². The largest absolute Gasteiger partial charge is 0.341 e. The summed E-state index contributed by atoms with van der Waals surface area (Å²) in [7, 11) is 0. The molecule has 0 bridgehead atoms. The normalized spacial score (nSPS) is 19.3. The third-order valence-electron chi connectivity index (χ3n) is 6.85. The molecule has 7 nitrogen and oxygen atoms in total. The fourth-order valence-corrected chi connectivity index (χ4v) is 4.92. The van der Waals surface area contributed by atoms with Gasteiger partial charge >= 0.3 is 0 Å². The third kappa shape index (κ3) is 4.59. The number of nitrogens with zero attached hydrogens (tertiary/aromatic N) is 4. The maximum Gasteiger partial charge on any atom is 0.255 e. The lowest BCUT2D eigenvalue weighted by Gasteiger charge is -2.28. The van der Waals surface area contributed by atoms with Gasteiger partial charge in [-0.15, -0.1) is 0 Å². The molecular weight excluding hydrogens is 414 g/mol. The Kier molecular flexibility index (Phi) is 6.05. The highest BCUT2D eigenvalue weighted by Crippen LogP contribution is 2.28. The van der Waals surface area contributed by atoms with Gasteiger partial charge in [0.25, 0.3) is 5.56 Å². The van der Waals surface area contributed by atoms with Crippen molar-refractivity contribution in [2.45, 2.75) is 44.7 Å². The number of fused-ring (bicyclic) bond motifs is 1. The number of hydrogen-bond donors (Lipinski definition) is 1. The van der Waals surface area contributed by atoms with Crippen LogP contribution in [0.1, 0.15) is 53.4 Å². The van der Waals surface area contributed by atoms with Crippen LogP contribution in [0.15, 0.2) is 59.7 Å². The maximum absolute atomic E-state index is 13.0. The summed E-state index contributed by atoms with van der Waals surface area (Å²) in [4.78, 5) is 42.2. The Morgan fingerprint density at radius 2 is 2.03 bits per heavy atom. The van der Waals surface area contributed by atoms with Crippen LogP contribution in [0.3, 0.4) is 0 Å². The van der Waals surface area contributed by atoms with E-state index < -0.39 is 0 Å². The second-order valence-electron chi connectivity index (χ2n) is 9.10. The molecule has 1 N–H and O–H groups in total. The van der Waals surface area contributed by atoms with E-state index in [0.717, 1.165) is 54.1 Å². The fraction of sp³-hybridized carbons (Fsp3) is 0.385. The molecule has 0 aliphatic carbocycles. The number of benzene rings is 1. The molecule has 0 radical (unpaired) electrons. The number of amides is 1. The predicted molar refractivity (Wildman–Crippen MR) is 126 cm³/mol. The standard InChI is InChI=1S/C26H29N5O2/c1-18(20-7-3-2-4-8-20)26(33)31-13-9-21(16-31)24-28-23-10-12-30(17-22(23)25(32)29-24)15-19-6-5-11-27-14-19/h2-8,11,14,18,21H,9-10,12-13,15-17H2,1H3,(H,28,29,32). The molecule has 0 spiro atoms. The highest BCUT2D eigenvalue weighted by molar-refractivity contribution is 5.83. The van der Waals surface area contributed by atoms with Crippen LogP contribution >= 0.6 is 0 Å². The van der Waals surface area contributed by atoms with Gasteiger partial charge in [0.05, 0.1) is 17.2 Å². The quantitative estimate of drug-likeness (QED) is 0.656. The van der Waals surface area contributed by atoms with Gasteiger partial charge in [0, 0.05) is 57.5 Å². The lowest BCUT2D eigenvalue weighted by molar-refractivity contribution is -0.131. The second kappa shape index (κ2) is 9.27. The van der Waals surface area contributed by atoms with Crippen molar-refractivity contribution < 1.29 is 4.79 Å². The lowest BCUT2D eigenvalue weighted by atomic mass is 10.00. The van der Waals surface area contributed by atoms with E-state index >= 15 is 0 Å². The van der Waals surface area contributed by atoms with Gasteiger partial charge in [-0.2, -0.15) is 0 Å². The van der Waals surface area contributed by atoms with Gasteiger partial charge in [0.1, 0.15) is 5.82 Å². The highest BCUT2D eigenvalue weighted by Gasteiger charge is 2.32. The van der Waals surface area contributed by atoms with Crippen molar-refractivity contribution in [2.75, 3.05) is 19.6 Å². The molecule has 5 rings (SSSR count). The number of nitrogens with one attached hydrogen (secondary N) is 1. The number of hydrogen-bond acceptors (Lipinski definition) is 5. The number of aromatic nitrogens is 3. The SMILES string of the molecule is CC(C(=O)N1CCC(c2nc3c(c(=O)[nH]2)CN(Cc2cccnc2)CC3)C1)c1ccccc1. The zero-order valence-electron chi connectivity index (χ0n) is 18.9. The number of carbonyl (C=O) groups is 1. The van der Waals surface area contributed by atoms with Crippen LogP contribution in [0.5, 0.6) is 0 Å². The van der Waals surface area contributed by atoms with Gasteiger partial charge in [-0.25, -0.2) is 4.98 Å². The number of carbonyl (C=O) groups excluding carboxylic acids is 1. The van der Waals surface area contributed by atoms with Crippen LogP contribution in [-0.2, 0) is 24.3 Å². The Hall–Kier alpha value is -3.32. The summed E-state index contributed by atoms with van der Waals surface area (Å²) in [5.74, 6) is 0.756. The topological polar surface area (TPSA) is 82.2 Å². The Morgan fingerprint density at radius 1 is 1.18 bits per heavy atom. The van der Waals surface area contributed by atoms with Gasteiger partial charge in [-0.1, -0.05) is 36.4 Å². The molecule has 1 fully saturated rings. The number of rotatable bonds is 5. The molecule has 4 heterocycles. The van der Waals surface area contributed by atoms with E-state index in [1.54, 1.807) is 6.20 Å². The minimum atomic E-state index is -0.175. The number of H-pyrrole nitrogens is 1. The van der Waals surface area contributed by atoms with E-state index in [-0.39, 0.29) is 23.3 Å². The fourth-order valence-electron chi connectivity index (χ4n) is 4.92. The monoisotopic (exact) mass is 443 g/mol. The zero-order valence-corrected chi connectivity index (χ0v) is 18.9. The van der Waals surface area contributed by atoms with Crippen molar-refractivity contribution >= 4 is 5.91 Å². The van der Waals surface area contributed by atoms with Gasteiger partial charge in [-0.05, 0) is 30.5 Å². The first-order valence-corrected chi connectivity index (χ1v) is 11.7. The summed E-state index contributed by atoms with van der Waals surface area (Å²) in [6, 6.07) is 13.9. The van der Waals surface area contributed by atoms with Crippen LogP contribution in [0.25, 0.3) is 0 Å². The average molecular weight is 444 g/mol. The second-order valence-corrected chi connectivity index (χ2v) is 9.10. The van der Waals surface area contributed by atoms with Crippen molar-refractivity contribution in [1.29, 1.82) is 0 Å². The van der Waals surface area contributed by atoms with Crippen LogP contribution in [0, 0.1) is 0 Å². The van der Waals surface area contributed by atoms with Gasteiger partial charge in [0.15, 0.2) is 0 Å². The first-order valence-electron chi connectivity index (χ1n) is 11.7. The van der Waals surface area contributed by atoms with E-state index in [9.17, 15) is 9.59 Å². The molecule has 33 heavy (non-hydrogen) atoms. The Balaban J connectivity index is 1.26. The number of likely N-dealkylation sites (tertiary alicyclic amines) is 1. The summed E-state index contributed by atoms with van der Waals surface area (Å²) in [6.45, 7) is 5.48. The van der Waals surface area contributed by atoms with Crippen molar-refractivity contribution in [3.63, 3.8) is 0 Å². The Morgan fingerprint density at radius 3 is 2.82 bits per heavy atom. The summed E-state index contributed by atoms with van der Waals surface area (Å²) < 4.78 is 0. The number of pyridine rings is 1. The molecule has 1 aromatic carbocycles. The van der Waals surface area contributed by atoms with Crippen LogP contribution in [0.2, 0.25) is 0 Å². The van der Waals surface area contributed by atoms with Crippen molar-refractivity contribution in [1.82, 2.24) is 24.8 Å². The van der Waals surface area contributed by atoms with Gasteiger partial charge in [-0.3, -0.25) is 19.5 Å². The molecule has 2 aliphatic heterocycles. The van der Waals surface area contributed by atoms with E-state index in [2.05, 4.69) is 20.9 Å². The molecule has 0 saturated carbocycles. The van der Waals surface area contributed by atoms with E-state index in [1.165, 1.54) is 0 Å². The molecule has 3 aromatic rings. The molecule has 7 heteroatoms. The van der Waals surface area contributed by atoms with Crippen LogP contribution < -0.4 is 5.56 Å². The smallest absolute Gasteiger partial charge is 0.255 e. The van der Waals surface area contributed by atoms with Crippen molar-refractivity contribution in [2.24, 2.45) is 0 Å². The lowest BCUT2D eigenvalue weighted by Crippen LogP contribution is -2.36. The zero-order chi connectivity index (χ0) is 22.8. The molecule has 2 aromatic heterocycles. The summed E-state index contributed by atoms with van der Waals surface area (Å²) in [5.41, 5.74) is 3.79. The average Bonchev–Trinajstić information content (AvgIpc) is 3.35. The van der Waals surface area contributed by atoms with Crippen molar-refractivity contribution in [3.8, 4) is 0 Å². The molecule has 2 atom stereocenters. The van der Waals surface area contributed by atoms with Gasteiger partial charge < -0.3 is 9.88 Å². The summed E-state index contributed by atoms with van der Waals surface area (Å²) in [5, 5.41) is 0. The summed E-state index contributed by atoms with van der Waals surface area (Å²) in [6.07, 6.45) is 5.22. The van der Waals surface area contributed by atoms with E-state index in [1.807, 2.05) is 54.4 Å². The molecule has 1 amide bonds. The Bertz CT molecular complexity index is 1180. The third-order valence-corrected chi connectivity index (χ3v) is 6.85. The van der Waals surface area contributed by atoms with Crippen LogP contribution in [0.4, 0.5) is 0 Å². The molecule has 1 saturated heterocycles. The van der Waals surface area contributed by atoms with Gasteiger partial charge in [0.2, 0.25) is 5.91 Å². The maximum atomic E-state index is 13.0. The Labute approximate surface area is 193 Å². The predicted octanol–water partition coefficient (Wildman–Crippen LogP) is 2.84. The molecule has 2 aliphatic rings. The number of aromatic amines is 1. The van der Waals surface area contributed by atoms with Crippen LogP contribution in [-0.4, -0.2) is 50.3 Å². The molecular formula is C26H29N5O2. The minimum absolute atomic E-state index is 0.0479. The molecule has 2 unspecified atom stereocenters. The van der Waals surface area contributed by atoms with E-state index in [0.29, 0.717) is 19.6 Å². The van der Waals surface area contributed by atoms with Crippen molar-refractivity contribution in [3.05, 3.63) is 93.4 Å². The highest BCUT2D eigenvalue weighted by atomic mass is 16.2. The summed E-state index contributed by atoms with van der Waals surface area (Å²) >= 11 is 0.